The number of aryl methyl sites for hydroxylation is 2. The molecule has 3 nitrogen and oxygen atoms in total. The minimum atomic E-state index is -0.0721. The summed E-state index contributed by atoms with van der Waals surface area (Å²) in [7, 11) is 0. The topological polar surface area (TPSA) is 38.3 Å². The number of benzene rings is 1. The van der Waals surface area contributed by atoms with E-state index in [2.05, 4.69) is 19.2 Å². The first-order valence-electron chi connectivity index (χ1n) is 6.39. The van der Waals surface area contributed by atoms with Crippen molar-refractivity contribution in [3.8, 4) is 5.75 Å². The molecule has 0 fully saturated rings. The van der Waals surface area contributed by atoms with Gasteiger partial charge in [-0.25, -0.2) is 0 Å². The molecule has 1 aromatic carbocycles. The lowest BCUT2D eigenvalue weighted by Crippen LogP contribution is -2.39. The summed E-state index contributed by atoms with van der Waals surface area (Å²) >= 11 is 0. The molecule has 1 atom stereocenters. The predicted molar refractivity (Wildman–Crippen MR) is 73.9 cm³/mol. The zero-order valence-corrected chi connectivity index (χ0v) is 11.9. The van der Waals surface area contributed by atoms with Crippen LogP contribution in [-0.2, 0) is 4.79 Å². The molecule has 0 saturated heterocycles. The van der Waals surface area contributed by atoms with Crippen molar-refractivity contribution < 1.29 is 9.53 Å². The fraction of sp³-hybridized carbons (Fsp3) is 0.533. The molecule has 1 amide bonds. The lowest BCUT2D eigenvalue weighted by atomic mass is 10.1. The van der Waals surface area contributed by atoms with E-state index in [9.17, 15) is 4.79 Å². The number of carbonyl (C=O) groups excluding carboxylic acids is 1. The van der Waals surface area contributed by atoms with Gasteiger partial charge in [-0.15, -0.1) is 0 Å². The van der Waals surface area contributed by atoms with E-state index in [1.165, 1.54) is 0 Å². The van der Waals surface area contributed by atoms with Crippen LogP contribution >= 0.6 is 0 Å². The predicted octanol–water partition coefficient (Wildman–Crippen LogP) is 2.84. The van der Waals surface area contributed by atoms with Crippen molar-refractivity contribution in [1.29, 1.82) is 0 Å². The Morgan fingerprint density at radius 1 is 1.28 bits per heavy atom. The van der Waals surface area contributed by atoms with Gasteiger partial charge < -0.3 is 10.1 Å². The SMILES string of the molecule is Cc1ccc(C)c(OCC(=O)NC(C)C(C)C)c1. The first-order chi connectivity index (χ1) is 8.40. The summed E-state index contributed by atoms with van der Waals surface area (Å²) in [6.07, 6.45) is 0. The van der Waals surface area contributed by atoms with E-state index in [-0.39, 0.29) is 18.6 Å². The third kappa shape index (κ3) is 4.40. The molecule has 0 aliphatic rings. The Morgan fingerprint density at radius 3 is 2.56 bits per heavy atom. The van der Waals surface area contributed by atoms with Gasteiger partial charge in [0.05, 0.1) is 0 Å². The lowest BCUT2D eigenvalue weighted by Gasteiger charge is -2.17. The van der Waals surface area contributed by atoms with E-state index in [4.69, 9.17) is 4.74 Å². The van der Waals surface area contributed by atoms with Crippen molar-refractivity contribution in [2.75, 3.05) is 6.61 Å². The number of ether oxygens (including phenoxy) is 1. The molecule has 0 bridgehead atoms. The quantitative estimate of drug-likeness (QED) is 0.871. The summed E-state index contributed by atoms with van der Waals surface area (Å²) in [6, 6.07) is 6.15. The van der Waals surface area contributed by atoms with E-state index in [1.807, 2.05) is 39.0 Å². The number of hydrogen-bond donors (Lipinski definition) is 1. The molecule has 3 heteroatoms. The molecule has 0 aliphatic carbocycles. The standard InChI is InChI=1S/C15H23NO2/c1-10(2)13(5)16-15(17)9-18-14-8-11(3)6-7-12(14)4/h6-8,10,13H,9H2,1-5H3,(H,16,17). The Balaban J connectivity index is 2.50. The molecule has 0 saturated carbocycles. The van der Waals surface area contributed by atoms with Crippen LogP contribution in [0.1, 0.15) is 31.9 Å². The van der Waals surface area contributed by atoms with E-state index >= 15 is 0 Å². The Morgan fingerprint density at radius 2 is 1.94 bits per heavy atom. The van der Waals surface area contributed by atoms with Crippen LogP contribution < -0.4 is 10.1 Å². The number of nitrogens with one attached hydrogen (secondary N) is 1. The van der Waals surface area contributed by atoms with Crippen LogP contribution in [0.25, 0.3) is 0 Å². The fourth-order valence-electron chi connectivity index (χ4n) is 1.47. The summed E-state index contributed by atoms with van der Waals surface area (Å²) < 4.78 is 5.55. The zero-order chi connectivity index (χ0) is 13.7. The third-order valence-electron chi connectivity index (χ3n) is 3.09. The van der Waals surface area contributed by atoms with Gasteiger partial charge in [-0.05, 0) is 43.9 Å². The van der Waals surface area contributed by atoms with Gasteiger partial charge in [0.2, 0.25) is 0 Å². The van der Waals surface area contributed by atoms with Crippen LogP contribution in [0.3, 0.4) is 0 Å². The average molecular weight is 249 g/mol. The minimum absolute atomic E-state index is 0.0708. The highest BCUT2D eigenvalue weighted by Crippen LogP contribution is 2.18. The van der Waals surface area contributed by atoms with E-state index in [1.54, 1.807) is 0 Å². The first-order valence-corrected chi connectivity index (χ1v) is 6.39. The summed E-state index contributed by atoms with van der Waals surface area (Å²) in [5.41, 5.74) is 2.18. The van der Waals surface area contributed by atoms with Gasteiger partial charge in [-0.3, -0.25) is 4.79 Å². The Bertz CT molecular complexity index is 413. The normalized spacial score (nSPS) is 12.3. The molecule has 0 radical (unpaired) electrons. The second kappa shape index (κ2) is 6.43. The third-order valence-corrected chi connectivity index (χ3v) is 3.09. The number of hydrogen-bond acceptors (Lipinski definition) is 2. The Hall–Kier alpha value is -1.51. The molecule has 1 unspecified atom stereocenters. The Kier molecular flexibility index (Phi) is 5.20. The van der Waals surface area contributed by atoms with Crippen LogP contribution in [-0.4, -0.2) is 18.6 Å². The zero-order valence-electron chi connectivity index (χ0n) is 11.9. The molecule has 1 N–H and O–H groups in total. The molecule has 0 heterocycles. The lowest BCUT2D eigenvalue weighted by molar-refractivity contribution is -0.124. The van der Waals surface area contributed by atoms with Gasteiger partial charge in [0.25, 0.3) is 5.91 Å². The van der Waals surface area contributed by atoms with Crippen LogP contribution in [0.4, 0.5) is 0 Å². The monoisotopic (exact) mass is 249 g/mol. The van der Waals surface area contributed by atoms with Gasteiger partial charge in [-0.2, -0.15) is 0 Å². The maximum absolute atomic E-state index is 11.7. The maximum atomic E-state index is 11.7. The number of rotatable bonds is 5. The van der Waals surface area contributed by atoms with Crippen molar-refractivity contribution in [3.05, 3.63) is 29.3 Å². The summed E-state index contributed by atoms with van der Waals surface area (Å²) in [6.45, 7) is 10.2. The van der Waals surface area contributed by atoms with E-state index in [0.29, 0.717) is 5.92 Å². The summed E-state index contributed by atoms with van der Waals surface area (Å²) in [4.78, 5) is 11.7. The van der Waals surface area contributed by atoms with E-state index < -0.39 is 0 Å². The minimum Gasteiger partial charge on any atom is -0.483 e. The van der Waals surface area contributed by atoms with Crippen LogP contribution in [0.5, 0.6) is 5.75 Å². The van der Waals surface area contributed by atoms with Crippen LogP contribution in [0.2, 0.25) is 0 Å². The van der Waals surface area contributed by atoms with Crippen molar-refractivity contribution in [2.24, 2.45) is 5.92 Å². The molecule has 1 rings (SSSR count). The van der Waals surface area contributed by atoms with Crippen molar-refractivity contribution in [2.45, 2.75) is 40.7 Å². The second-order valence-electron chi connectivity index (χ2n) is 5.16. The molecule has 18 heavy (non-hydrogen) atoms. The molecule has 0 aromatic heterocycles. The van der Waals surface area contributed by atoms with Crippen LogP contribution in [0.15, 0.2) is 18.2 Å². The fourth-order valence-corrected chi connectivity index (χ4v) is 1.47. The van der Waals surface area contributed by atoms with Gasteiger partial charge in [-0.1, -0.05) is 26.0 Å². The van der Waals surface area contributed by atoms with Gasteiger partial charge in [0.15, 0.2) is 6.61 Å². The highest BCUT2D eigenvalue weighted by molar-refractivity contribution is 5.77. The van der Waals surface area contributed by atoms with Crippen molar-refractivity contribution in [1.82, 2.24) is 5.32 Å². The van der Waals surface area contributed by atoms with Crippen molar-refractivity contribution >= 4 is 5.91 Å². The smallest absolute Gasteiger partial charge is 0.258 e. The van der Waals surface area contributed by atoms with Gasteiger partial charge in [0, 0.05) is 6.04 Å². The molecule has 100 valence electrons. The van der Waals surface area contributed by atoms with E-state index in [0.717, 1.165) is 16.9 Å². The molecule has 0 spiro atoms. The molecule has 0 aliphatic heterocycles. The summed E-state index contributed by atoms with van der Waals surface area (Å²) in [5, 5.41) is 2.92. The first kappa shape index (κ1) is 14.6. The second-order valence-corrected chi connectivity index (χ2v) is 5.16. The largest absolute Gasteiger partial charge is 0.483 e. The highest BCUT2D eigenvalue weighted by Gasteiger charge is 2.11. The van der Waals surface area contributed by atoms with Gasteiger partial charge in [0.1, 0.15) is 5.75 Å². The number of carbonyl (C=O) groups is 1. The Labute approximate surface area is 110 Å². The van der Waals surface area contributed by atoms with Crippen LogP contribution in [0, 0.1) is 19.8 Å². The van der Waals surface area contributed by atoms with Gasteiger partial charge >= 0.3 is 0 Å². The molecular formula is C15H23NO2. The van der Waals surface area contributed by atoms with Crippen molar-refractivity contribution in [3.63, 3.8) is 0 Å². The average Bonchev–Trinajstić information content (AvgIpc) is 2.30. The molecule has 1 aromatic rings. The summed E-state index contributed by atoms with van der Waals surface area (Å²) in [5.74, 6) is 1.13. The molecular weight excluding hydrogens is 226 g/mol. The highest BCUT2D eigenvalue weighted by atomic mass is 16.5. The number of amides is 1. The maximum Gasteiger partial charge on any atom is 0.258 e.